The van der Waals surface area contributed by atoms with Crippen molar-refractivity contribution in [2.75, 3.05) is 0 Å². The van der Waals surface area contributed by atoms with Crippen LogP contribution in [0.25, 0.3) is 0 Å². The number of fused-ring (bicyclic) bond motifs is 7. The molecule has 51 heavy (non-hydrogen) atoms. The Bertz CT molecular complexity index is 1170. The summed E-state index contributed by atoms with van der Waals surface area (Å²) in [6, 6.07) is 0. The predicted octanol–water partition coefficient (Wildman–Crippen LogP) is 13.8. The van der Waals surface area contributed by atoms with E-state index in [1.807, 2.05) is 0 Å². The van der Waals surface area contributed by atoms with E-state index in [2.05, 4.69) is 68.4 Å². The molecule has 3 heteroatoms. The maximum atomic E-state index is 13.2. The molecule has 0 bridgehead atoms. The lowest BCUT2D eigenvalue weighted by Crippen LogP contribution is -2.69. The van der Waals surface area contributed by atoms with Crippen LogP contribution in [-0.2, 0) is 9.53 Å². The van der Waals surface area contributed by atoms with Crippen molar-refractivity contribution in [3.8, 4) is 0 Å². The van der Waals surface area contributed by atoms with Crippen LogP contribution < -0.4 is 0 Å². The number of esters is 1. The third-order valence-corrected chi connectivity index (χ3v) is 17.8. The van der Waals surface area contributed by atoms with E-state index in [1.165, 1.54) is 116 Å². The zero-order valence-electron chi connectivity index (χ0n) is 35.4. The first-order valence-electron chi connectivity index (χ1n) is 22.7. The molecule has 11 unspecified atom stereocenters. The maximum absolute atomic E-state index is 13.2. The van der Waals surface area contributed by atoms with E-state index in [4.69, 9.17) is 4.74 Å². The molecule has 1 N–H and O–H groups in total. The van der Waals surface area contributed by atoms with Gasteiger partial charge in [-0.25, -0.2) is 0 Å². The minimum Gasteiger partial charge on any atom is -0.462 e. The summed E-state index contributed by atoms with van der Waals surface area (Å²) in [5.74, 6) is 3.07. The fraction of sp³-hybridized carbons (Fsp3) is 0.938. The number of aliphatic hydroxyl groups excluding tert-OH is 1. The van der Waals surface area contributed by atoms with Crippen LogP contribution in [0.4, 0.5) is 0 Å². The molecular formula is C48H84O3. The topological polar surface area (TPSA) is 46.5 Å². The zero-order chi connectivity index (χ0) is 37.1. The second-order valence-electron chi connectivity index (χ2n) is 20.9. The van der Waals surface area contributed by atoms with Crippen molar-refractivity contribution in [1.29, 1.82) is 0 Å². The van der Waals surface area contributed by atoms with Crippen molar-refractivity contribution in [3.63, 3.8) is 0 Å². The number of carbonyl (C=O) groups is 1. The Balaban J connectivity index is 1.08. The van der Waals surface area contributed by atoms with E-state index < -0.39 is 0 Å². The van der Waals surface area contributed by atoms with E-state index in [9.17, 15) is 9.90 Å². The van der Waals surface area contributed by atoms with Crippen molar-refractivity contribution in [2.24, 2.45) is 56.7 Å². The zero-order valence-corrected chi connectivity index (χ0v) is 35.4. The Morgan fingerprint density at radius 1 is 0.725 bits per heavy atom. The highest BCUT2D eigenvalue weighted by Gasteiger charge is 2.71. The summed E-state index contributed by atoms with van der Waals surface area (Å²) in [7, 11) is 0. The molecule has 4 fully saturated rings. The second-order valence-corrected chi connectivity index (χ2v) is 20.9. The smallest absolute Gasteiger partial charge is 0.306 e. The molecule has 5 aliphatic rings. The lowest BCUT2D eigenvalue weighted by Gasteiger charge is -2.74. The fourth-order valence-corrected chi connectivity index (χ4v) is 14.3. The van der Waals surface area contributed by atoms with Crippen molar-refractivity contribution >= 4 is 5.97 Å². The van der Waals surface area contributed by atoms with Crippen LogP contribution in [0.3, 0.4) is 0 Å². The minimum absolute atomic E-state index is 0.00372. The molecule has 5 rings (SSSR count). The van der Waals surface area contributed by atoms with Crippen LogP contribution in [-0.4, -0.2) is 23.3 Å². The molecule has 0 amide bonds. The van der Waals surface area contributed by atoms with Crippen LogP contribution in [0, 0.1) is 56.7 Å². The quantitative estimate of drug-likeness (QED) is 0.0929. The highest BCUT2D eigenvalue weighted by Crippen LogP contribution is 2.76. The SMILES string of the molecule is CCCCCCCCCCCCCCCCCC(=O)OC1CCC2(C)C(CCC3(C)C2CCC2C4C(C)C(C)=CCC4(C)C(O)CC23C)C1(C)C. The van der Waals surface area contributed by atoms with Crippen molar-refractivity contribution in [1.82, 2.24) is 0 Å². The van der Waals surface area contributed by atoms with Gasteiger partial charge in [-0.2, -0.15) is 0 Å². The van der Waals surface area contributed by atoms with E-state index in [-0.39, 0.29) is 45.3 Å². The van der Waals surface area contributed by atoms with Crippen molar-refractivity contribution in [3.05, 3.63) is 11.6 Å². The van der Waals surface area contributed by atoms with E-state index in [0.29, 0.717) is 36.0 Å². The summed E-state index contributed by atoms with van der Waals surface area (Å²) in [5.41, 5.74) is 2.17. The number of rotatable bonds is 17. The Labute approximate surface area is 316 Å². The average molecular weight is 709 g/mol. The number of hydrogen-bond acceptors (Lipinski definition) is 3. The maximum Gasteiger partial charge on any atom is 0.306 e. The first-order valence-corrected chi connectivity index (χ1v) is 22.7. The molecule has 0 heterocycles. The third kappa shape index (κ3) is 7.97. The van der Waals surface area contributed by atoms with Gasteiger partial charge in [-0.15, -0.1) is 0 Å². The summed E-state index contributed by atoms with van der Waals surface area (Å²) >= 11 is 0. The van der Waals surface area contributed by atoms with Gasteiger partial charge in [0.1, 0.15) is 6.10 Å². The van der Waals surface area contributed by atoms with Crippen LogP contribution >= 0.6 is 0 Å². The van der Waals surface area contributed by atoms with Gasteiger partial charge >= 0.3 is 5.97 Å². The number of ether oxygens (including phenoxy) is 1. The van der Waals surface area contributed by atoms with Gasteiger partial charge < -0.3 is 9.84 Å². The van der Waals surface area contributed by atoms with Crippen LogP contribution in [0.2, 0.25) is 0 Å². The number of aliphatic hydroxyl groups is 1. The fourth-order valence-electron chi connectivity index (χ4n) is 14.3. The third-order valence-electron chi connectivity index (χ3n) is 17.8. The molecule has 0 radical (unpaired) electrons. The standard InChI is InChI=1S/C48H84O3/c1-10-11-12-13-14-15-16-17-18-19-20-21-22-23-24-25-42(50)51-41-30-32-45(6)38(44(41,4)5)29-33-47(8)39(45)27-26-37-43-36(3)35(2)28-31-46(43,7)40(49)34-48(37,47)9/h28,36-41,43,49H,10-27,29-34H2,1-9H3. The number of hydrogen-bond donors (Lipinski definition) is 1. The summed E-state index contributed by atoms with van der Waals surface area (Å²) in [5, 5.41) is 12.0. The average Bonchev–Trinajstić information content (AvgIpc) is 3.07. The van der Waals surface area contributed by atoms with Gasteiger partial charge in [0.15, 0.2) is 0 Å². The van der Waals surface area contributed by atoms with Gasteiger partial charge in [0, 0.05) is 17.3 Å². The molecule has 0 saturated heterocycles. The van der Waals surface area contributed by atoms with E-state index in [1.54, 1.807) is 5.57 Å². The highest BCUT2D eigenvalue weighted by atomic mass is 16.5. The molecule has 0 aromatic heterocycles. The van der Waals surface area contributed by atoms with Gasteiger partial charge in [0.05, 0.1) is 6.10 Å². The largest absolute Gasteiger partial charge is 0.462 e. The molecule has 0 aliphatic heterocycles. The second kappa shape index (κ2) is 16.9. The minimum atomic E-state index is -0.229. The molecule has 0 aromatic rings. The molecular weight excluding hydrogens is 625 g/mol. The van der Waals surface area contributed by atoms with Crippen LogP contribution in [0.5, 0.6) is 0 Å². The monoisotopic (exact) mass is 709 g/mol. The van der Waals surface area contributed by atoms with Crippen molar-refractivity contribution < 1.29 is 14.6 Å². The molecule has 5 aliphatic carbocycles. The number of carbonyl (C=O) groups excluding carboxylic acids is 1. The van der Waals surface area contributed by atoms with Crippen LogP contribution in [0.1, 0.15) is 216 Å². The summed E-state index contributed by atoms with van der Waals surface area (Å²) < 4.78 is 6.42. The van der Waals surface area contributed by atoms with E-state index in [0.717, 1.165) is 32.1 Å². The summed E-state index contributed by atoms with van der Waals surface area (Å²) in [6.45, 7) is 22.3. The van der Waals surface area contributed by atoms with Gasteiger partial charge in [-0.1, -0.05) is 157 Å². The number of unbranched alkanes of at least 4 members (excludes halogenated alkanes) is 14. The number of allylic oxidation sites excluding steroid dienone is 2. The Kier molecular flexibility index (Phi) is 13.7. The molecule has 3 nitrogen and oxygen atoms in total. The molecule has 0 aromatic carbocycles. The predicted molar refractivity (Wildman–Crippen MR) is 215 cm³/mol. The first-order chi connectivity index (χ1) is 24.2. The van der Waals surface area contributed by atoms with Crippen molar-refractivity contribution in [2.45, 2.75) is 229 Å². The summed E-state index contributed by atoms with van der Waals surface area (Å²) in [6.07, 6.45) is 32.3. The van der Waals surface area contributed by atoms with Gasteiger partial charge in [-0.05, 0) is 111 Å². The normalized spacial score (nSPS) is 41.5. The lowest BCUT2D eigenvalue weighted by molar-refractivity contribution is -0.268. The first kappa shape index (κ1) is 41.3. The van der Waals surface area contributed by atoms with Gasteiger partial charge in [0.25, 0.3) is 0 Å². The molecule has 294 valence electrons. The molecule has 0 spiro atoms. The molecule has 11 atom stereocenters. The Morgan fingerprint density at radius 2 is 1.29 bits per heavy atom. The molecule has 4 saturated carbocycles. The van der Waals surface area contributed by atoms with Gasteiger partial charge in [-0.3, -0.25) is 4.79 Å². The lowest BCUT2D eigenvalue weighted by atomic mass is 9.31. The highest BCUT2D eigenvalue weighted by molar-refractivity contribution is 5.69. The van der Waals surface area contributed by atoms with Gasteiger partial charge in [0.2, 0.25) is 0 Å². The van der Waals surface area contributed by atoms with Crippen LogP contribution in [0.15, 0.2) is 11.6 Å². The Hall–Kier alpha value is -0.830. The Morgan fingerprint density at radius 3 is 1.88 bits per heavy atom. The summed E-state index contributed by atoms with van der Waals surface area (Å²) in [4.78, 5) is 13.2. The van der Waals surface area contributed by atoms with E-state index >= 15 is 0 Å².